The second-order valence-electron chi connectivity index (χ2n) is 8.44. The van der Waals surface area contributed by atoms with E-state index in [4.69, 9.17) is 0 Å². The summed E-state index contributed by atoms with van der Waals surface area (Å²) in [6, 6.07) is 15.7. The summed E-state index contributed by atoms with van der Waals surface area (Å²) in [6.07, 6.45) is 0.544. The Labute approximate surface area is 197 Å². The lowest BCUT2D eigenvalue weighted by Crippen LogP contribution is -2.42. The molecule has 0 bridgehead atoms. The highest BCUT2D eigenvalue weighted by molar-refractivity contribution is 7.89. The van der Waals surface area contributed by atoms with E-state index < -0.39 is 27.7 Å². The summed E-state index contributed by atoms with van der Waals surface area (Å²) in [5, 5.41) is 13.3. The Morgan fingerprint density at radius 2 is 1.85 bits per heavy atom. The Kier molecular flexibility index (Phi) is 5.86. The van der Waals surface area contributed by atoms with Crippen molar-refractivity contribution in [1.29, 1.82) is 0 Å². The first-order valence-corrected chi connectivity index (χ1v) is 12.4. The number of hydrogen-bond donors (Lipinski definition) is 2. The predicted octanol–water partition coefficient (Wildman–Crippen LogP) is 3.90. The van der Waals surface area contributed by atoms with Gasteiger partial charge in [-0.1, -0.05) is 30.0 Å². The molecule has 0 spiro atoms. The van der Waals surface area contributed by atoms with Gasteiger partial charge in [-0.2, -0.15) is 4.31 Å². The minimum absolute atomic E-state index is 0.107. The number of nitrogens with one attached hydrogen (secondary N) is 1. The largest absolute Gasteiger partial charge is 0.394 e. The average molecular weight is 481 g/mol. The summed E-state index contributed by atoms with van der Waals surface area (Å²) < 4.78 is 56.1. The Balaban J connectivity index is 1.57. The van der Waals surface area contributed by atoms with E-state index in [1.54, 1.807) is 36.4 Å². The van der Waals surface area contributed by atoms with Crippen molar-refractivity contribution in [2.75, 3.05) is 18.5 Å². The van der Waals surface area contributed by atoms with Gasteiger partial charge in [0.2, 0.25) is 10.0 Å². The van der Waals surface area contributed by atoms with Crippen LogP contribution in [0.15, 0.2) is 71.6 Å². The lowest BCUT2D eigenvalue weighted by atomic mass is 9.83. The fourth-order valence-electron chi connectivity index (χ4n) is 4.83. The molecule has 2 aliphatic heterocycles. The van der Waals surface area contributed by atoms with Crippen LogP contribution in [0.25, 0.3) is 0 Å². The molecule has 3 aromatic rings. The van der Waals surface area contributed by atoms with Gasteiger partial charge in [-0.25, -0.2) is 17.2 Å². The molecule has 5 rings (SSSR count). The van der Waals surface area contributed by atoms with Gasteiger partial charge < -0.3 is 10.4 Å². The number of fused-ring (bicyclic) bond motifs is 3. The molecule has 174 valence electrons. The molecule has 0 aliphatic carbocycles. The van der Waals surface area contributed by atoms with E-state index >= 15 is 0 Å². The zero-order chi connectivity index (χ0) is 23.9. The number of hydrogen-bond acceptors (Lipinski definition) is 4. The molecule has 1 fully saturated rings. The first kappa shape index (κ1) is 22.5. The minimum atomic E-state index is -3.98. The van der Waals surface area contributed by atoms with E-state index in [1.807, 2.05) is 0 Å². The number of sulfonamides is 1. The molecule has 2 N–H and O–H groups in total. The van der Waals surface area contributed by atoms with Crippen molar-refractivity contribution < 1.29 is 22.3 Å². The molecule has 0 aromatic heterocycles. The number of aliphatic hydroxyl groups excluding tert-OH is 1. The fourth-order valence-corrected chi connectivity index (χ4v) is 6.53. The molecule has 8 heteroatoms. The Bertz CT molecular complexity index is 1410. The number of rotatable bonds is 3. The molecule has 0 radical (unpaired) electrons. The number of aliphatic hydroxyl groups is 1. The molecule has 3 atom stereocenters. The third-order valence-electron chi connectivity index (χ3n) is 6.44. The van der Waals surface area contributed by atoms with Crippen LogP contribution in [-0.4, -0.2) is 37.0 Å². The summed E-state index contributed by atoms with van der Waals surface area (Å²) in [5.74, 6) is 4.59. The van der Waals surface area contributed by atoms with Gasteiger partial charge in [-0.15, -0.1) is 0 Å². The second kappa shape index (κ2) is 8.84. The number of nitrogens with zero attached hydrogens (tertiary/aromatic N) is 1. The third kappa shape index (κ3) is 3.96. The van der Waals surface area contributed by atoms with Crippen molar-refractivity contribution in [3.63, 3.8) is 0 Å². The van der Waals surface area contributed by atoms with Gasteiger partial charge in [0.1, 0.15) is 11.6 Å². The van der Waals surface area contributed by atoms with Crippen molar-refractivity contribution in [2.45, 2.75) is 23.4 Å². The van der Waals surface area contributed by atoms with Crippen molar-refractivity contribution in [3.05, 3.63) is 95.1 Å². The van der Waals surface area contributed by atoms with Gasteiger partial charge in [-0.05, 0) is 60.5 Å². The molecule has 34 heavy (non-hydrogen) atoms. The standard InChI is InChI=1S/C26H22F2N2O3S/c27-19-5-3-6-20(15-19)34(32,33)30-13-12-21-25(16-31)29-24-11-9-17(14-22(24)26(21)30)8-10-18-4-1-2-7-23(18)28/h1-7,9,11,14-15,21,25-26,29,31H,12-13,16H2/t21-,25-,26-/m0/s1. The zero-order valence-corrected chi connectivity index (χ0v) is 18.9. The Morgan fingerprint density at radius 1 is 1.03 bits per heavy atom. The van der Waals surface area contributed by atoms with Gasteiger partial charge in [0.25, 0.3) is 0 Å². The molecule has 0 saturated carbocycles. The molecule has 0 unspecified atom stereocenters. The fraction of sp³-hybridized carbons (Fsp3) is 0.231. The van der Waals surface area contributed by atoms with Crippen LogP contribution >= 0.6 is 0 Å². The number of benzene rings is 3. The Morgan fingerprint density at radius 3 is 2.62 bits per heavy atom. The predicted molar refractivity (Wildman–Crippen MR) is 124 cm³/mol. The zero-order valence-electron chi connectivity index (χ0n) is 18.1. The van der Waals surface area contributed by atoms with Gasteiger partial charge in [0.15, 0.2) is 0 Å². The molecular formula is C26H22F2N2O3S. The highest BCUT2D eigenvalue weighted by Crippen LogP contribution is 2.48. The number of anilines is 1. The monoisotopic (exact) mass is 480 g/mol. The highest BCUT2D eigenvalue weighted by Gasteiger charge is 2.48. The van der Waals surface area contributed by atoms with E-state index in [1.165, 1.54) is 28.6 Å². The van der Waals surface area contributed by atoms with Crippen LogP contribution in [-0.2, 0) is 10.0 Å². The molecule has 3 aromatic carbocycles. The minimum Gasteiger partial charge on any atom is -0.394 e. The SMILES string of the molecule is O=S(=O)(c1cccc(F)c1)N1CC[C@H]2[C@H](CO)Nc3ccc(C#Cc4ccccc4F)cc3[C@H]21. The van der Waals surface area contributed by atoms with E-state index in [-0.39, 0.29) is 35.6 Å². The summed E-state index contributed by atoms with van der Waals surface area (Å²) >= 11 is 0. The molecule has 1 saturated heterocycles. The maximum Gasteiger partial charge on any atom is 0.243 e. The summed E-state index contributed by atoms with van der Waals surface area (Å²) in [7, 11) is -3.98. The van der Waals surface area contributed by atoms with Crippen LogP contribution in [0.5, 0.6) is 0 Å². The van der Waals surface area contributed by atoms with E-state index in [0.717, 1.165) is 11.6 Å². The van der Waals surface area contributed by atoms with Crippen LogP contribution in [0.2, 0.25) is 0 Å². The van der Waals surface area contributed by atoms with Gasteiger partial charge in [0, 0.05) is 23.7 Å². The molecule has 5 nitrogen and oxygen atoms in total. The van der Waals surface area contributed by atoms with Gasteiger partial charge >= 0.3 is 0 Å². The van der Waals surface area contributed by atoms with Crippen LogP contribution in [0.1, 0.15) is 29.2 Å². The molecule has 2 heterocycles. The first-order chi connectivity index (χ1) is 16.4. The highest BCUT2D eigenvalue weighted by atomic mass is 32.2. The van der Waals surface area contributed by atoms with Crippen molar-refractivity contribution >= 4 is 15.7 Å². The third-order valence-corrected chi connectivity index (χ3v) is 8.32. The van der Waals surface area contributed by atoms with Crippen molar-refractivity contribution in [2.24, 2.45) is 5.92 Å². The second-order valence-corrected chi connectivity index (χ2v) is 10.3. The Hall–Kier alpha value is -3.25. The van der Waals surface area contributed by atoms with Crippen molar-refractivity contribution in [1.82, 2.24) is 4.31 Å². The molecular weight excluding hydrogens is 458 g/mol. The lowest BCUT2D eigenvalue weighted by molar-refractivity contribution is 0.210. The summed E-state index contributed by atoms with van der Waals surface area (Å²) in [5.41, 5.74) is 2.32. The maximum atomic E-state index is 14.0. The lowest BCUT2D eigenvalue weighted by Gasteiger charge is -2.38. The van der Waals surface area contributed by atoms with Crippen LogP contribution in [0.3, 0.4) is 0 Å². The molecule has 2 aliphatic rings. The summed E-state index contributed by atoms with van der Waals surface area (Å²) in [4.78, 5) is -0.107. The first-order valence-electron chi connectivity index (χ1n) is 10.9. The van der Waals surface area contributed by atoms with Crippen LogP contribution in [0.4, 0.5) is 14.5 Å². The average Bonchev–Trinajstić information content (AvgIpc) is 3.29. The van der Waals surface area contributed by atoms with Crippen LogP contribution < -0.4 is 5.32 Å². The number of halogens is 2. The van der Waals surface area contributed by atoms with E-state index in [0.29, 0.717) is 17.7 Å². The van der Waals surface area contributed by atoms with Crippen molar-refractivity contribution in [3.8, 4) is 11.8 Å². The van der Waals surface area contributed by atoms with Crippen LogP contribution in [0, 0.1) is 29.4 Å². The molecule has 0 amide bonds. The van der Waals surface area contributed by atoms with Gasteiger partial charge in [-0.3, -0.25) is 0 Å². The smallest absolute Gasteiger partial charge is 0.243 e. The van der Waals surface area contributed by atoms with E-state index in [9.17, 15) is 22.3 Å². The quantitative estimate of drug-likeness (QED) is 0.558. The summed E-state index contributed by atoms with van der Waals surface area (Å²) in [6.45, 7) is 0.0975. The topological polar surface area (TPSA) is 69.6 Å². The van der Waals surface area contributed by atoms with Gasteiger partial charge in [0.05, 0.1) is 29.1 Å². The maximum absolute atomic E-state index is 14.0. The van der Waals surface area contributed by atoms with E-state index in [2.05, 4.69) is 17.2 Å². The normalized spacial score (nSPS) is 21.7.